The summed E-state index contributed by atoms with van der Waals surface area (Å²) >= 11 is 0. The number of rotatable bonds is 6. The number of halogens is 11. The van der Waals surface area contributed by atoms with Crippen molar-refractivity contribution in [3.63, 3.8) is 0 Å². The van der Waals surface area contributed by atoms with E-state index < -0.39 is 54.4 Å². The van der Waals surface area contributed by atoms with Gasteiger partial charge in [0.1, 0.15) is 0 Å². The standard InChI is InChI=1S/C12H10F11NO3/c13-8(14,6(25)27-7(24-26)4-2-1-3-5-7)9(15,16)10(17,18)11(19,20)12(21,22)23/h1-5H2. The topological polar surface area (TPSA) is 55.7 Å². The molecule has 1 rings (SSSR count). The van der Waals surface area contributed by atoms with Crippen LogP contribution >= 0.6 is 0 Å². The highest BCUT2D eigenvalue weighted by Gasteiger charge is 2.89. The van der Waals surface area contributed by atoms with E-state index in [-0.39, 0.29) is 12.8 Å². The molecule has 0 aromatic rings. The first kappa shape index (κ1) is 23.3. The molecule has 0 aromatic heterocycles. The van der Waals surface area contributed by atoms with E-state index in [0.717, 1.165) is 0 Å². The molecule has 4 nitrogen and oxygen atoms in total. The lowest BCUT2D eigenvalue weighted by molar-refractivity contribution is -0.418. The van der Waals surface area contributed by atoms with Gasteiger partial charge in [-0.05, 0) is 18.0 Å². The number of carbonyl (C=O) groups excluding carboxylic acids is 1. The summed E-state index contributed by atoms with van der Waals surface area (Å²) in [7, 11) is 0. The SMILES string of the molecule is O=NC1(OC(=O)C(F)(F)C(F)(F)C(F)(F)C(F)(F)C(F)(F)F)CCCCC1. The van der Waals surface area contributed by atoms with Gasteiger partial charge in [-0.2, -0.15) is 48.3 Å². The first-order valence-corrected chi connectivity index (χ1v) is 7.05. The Kier molecular flexibility index (Phi) is 5.81. The minimum Gasteiger partial charge on any atom is -0.429 e. The molecule has 15 heteroatoms. The molecule has 0 aromatic carbocycles. The van der Waals surface area contributed by atoms with E-state index in [9.17, 15) is 58.0 Å². The summed E-state index contributed by atoms with van der Waals surface area (Å²) in [5.74, 6) is -33.3. The fourth-order valence-corrected chi connectivity index (χ4v) is 2.25. The number of alkyl halides is 11. The van der Waals surface area contributed by atoms with E-state index in [1.54, 1.807) is 0 Å². The van der Waals surface area contributed by atoms with Gasteiger partial charge in [-0.3, -0.25) is 0 Å². The average molecular weight is 425 g/mol. The maximum Gasteiger partial charge on any atom is 0.460 e. The van der Waals surface area contributed by atoms with Gasteiger partial charge in [0.2, 0.25) is 5.72 Å². The molecule has 1 saturated carbocycles. The Morgan fingerprint density at radius 1 is 0.741 bits per heavy atom. The molecule has 0 bridgehead atoms. The van der Waals surface area contributed by atoms with Gasteiger partial charge in [-0.1, -0.05) is 6.42 Å². The van der Waals surface area contributed by atoms with Gasteiger partial charge >= 0.3 is 35.8 Å². The zero-order valence-electron chi connectivity index (χ0n) is 12.9. The second-order valence-corrected chi connectivity index (χ2v) is 5.78. The van der Waals surface area contributed by atoms with E-state index in [2.05, 4.69) is 9.91 Å². The van der Waals surface area contributed by atoms with Gasteiger partial charge in [0.05, 0.1) is 0 Å². The number of nitrogens with zero attached hydrogens (tertiary/aromatic N) is 1. The van der Waals surface area contributed by atoms with Crippen LogP contribution in [0.5, 0.6) is 0 Å². The van der Waals surface area contributed by atoms with Crippen molar-refractivity contribution < 1.29 is 57.8 Å². The molecule has 1 aliphatic rings. The van der Waals surface area contributed by atoms with Crippen LogP contribution in [0.4, 0.5) is 48.3 Å². The van der Waals surface area contributed by atoms with Gasteiger partial charge in [-0.25, -0.2) is 4.79 Å². The van der Waals surface area contributed by atoms with E-state index in [0.29, 0.717) is 6.42 Å². The average Bonchev–Trinajstić information content (AvgIpc) is 2.53. The molecule has 0 amide bonds. The summed E-state index contributed by atoms with van der Waals surface area (Å²) in [6, 6.07) is 0. The Hall–Kier alpha value is -1.70. The van der Waals surface area contributed by atoms with Crippen LogP contribution in [-0.4, -0.2) is 41.6 Å². The van der Waals surface area contributed by atoms with E-state index in [1.165, 1.54) is 0 Å². The van der Waals surface area contributed by atoms with Crippen molar-refractivity contribution in [1.29, 1.82) is 0 Å². The predicted octanol–water partition coefficient (Wildman–Crippen LogP) is 5.06. The lowest BCUT2D eigenvalue weighted by Gasteiger charge is -2.37. The number of nitroso groups, excluding NO2 is 1. The third kappa shape index (κ3) is 3.56. The van der Waals surface area contributed by atoms with Gasteiger partial charge in [-0.15, -0.1) is 4.91 Å². The molecular formula is C12H10F11NO3. The highest BCUT2D eigenvalue weighted by Crippen LogP contribution is 2.57. The van der Waals surface area contributed by atoms with Crippen LogP contribution in [0, 0.1) is 4.91 Å². The third-order valence-corrected chi connectivity index (χ3v) is 3.88. The fourth-order valence-electron chi connectivity index (χ4n) is 2.25. The maximum atomic E-state index is 13.5. The van der Waals surface area contributed by atoms with Crippen molar-refractivity contribution in [3.8, 4) is 0 Å². The van der Waals surface area contributed by atoms with Crippen molar-refractivity contribution in [3.05, 3.63) is 4.91 Å². The third-order valence-electron chi connectivity index (χ3n) is 3.88. The Balaban J connectivity index is 3.26. The number of hydrogen-bond donors (Lipinski definition) is 0. The summed E-state index contributed by atoms with van der Waals surface area (Å²) in [5.41, 5.74) is -2.64. The molecule has 1 fully saturated rings. The van der Waals surface area contributed by atoms with Crippen molar-refractivity contribution in [2.45, 2.75) is 67.7 Å². The second-order valence-electron chi connectivity index (χ2n) is 5.78. The molecule has 0 radical (unpaired) electrons. The van der Waals surface area contributed by atoms with E-state index in [4.69, 9.17) is 0 Å². The number of ether oxygens (including phenoxy) is 1. The van der Waals surface area contributed by atoms with E-state index in [1.807, 2.05) is 0 Å². The summed E-state index contributed by atoms with van der Waals surface area (Å²) in [5, 5.41) is 2.18. The Morgan fingerprint density at radius 2 is 1.19 bits per heavy atom. The molecule has 158 valence electrons. The fraction of sp³-hybridized carbons (Fsp3) is 0.917. The van der Waals surface area contributed by atoms with Crippen LogP contribution in [0.25, 0.3) is 0 Å². The van der Waals surface area contributed by atoms with Crippen molar-refractivity contribution in [1.82, 2.24) is 0 Å². The molecule has 0 spiro atoms. The highest BCUT2D eigenvalue weighted by molar-refractivity contribution is 5.79. The summed E-state index contributed by atoms with van der Waals surface area (Å²) < 4.78 is 145. The van der Waals surface area contributed by atoms with Crippen LogP contribution in [0.3, 0.4) is 0 Å². The van der Waals surface area contributed by atoms with Crippen LogP contribution in [0.2, 0.25) is 0 Å². The maximum absolute atomic E-state index is 13.5. The second kappa shape index (κ2) is 6.72. The van der Waals surface area contributed by atoms with Gasteiger partial charge in [0, 0.05) is 12.8 Å². The Morgan fingerprint density at radius 3 is 1.56 bits per heavy atom. The molecule has 27 heavy (non-hydrogen) atoms. The molecule has 0 unspecified atom stereocenters. The van der Waals surface area contributed by atoms with Crippen LogP contribution in [0.1, 0.15) is 32.1 Å². The zero-order valence-corrected chi connectivity index (χ0v) is 12.9. The van der Waals surface area contributed by atoms with Crippen LogP contribution in [0.15, 0.2) is 5.18 Å². The lowest BCUT2D eigenvalue weighted by Crippen LogP contribution is -2.68. The predicted molar refractivity (Wildman–Crippen MR) is 63.5 cm³/mol. The summed E-state index contributed by atoms with van der Waals surface area (Å²) in [6.45, 7) is 0. The van der Waals surface area contributed by atoms with Gasteiger partial charge in [0.25, 0.3) is 0 Å². The van der Waals surface area contributed by atoms with Crippen molar-refractivity contribution >= 4 is 5.97 Å². The number of carbonyl (C=O) groups is 1. The largest absolute Gasteiger partial charge is 0.460 e. The minimum absolute atomic E-state index is 0.0310. The normalized spacial score (nSPS) is 19.5. The van der Waals surface area contributed by atoms with Crippen molar-refractivity contribution in [2.75, 3.05) is 0 Å². The monoisotopic (exact) mass is 425 g/mol. The Bertz CT molecular complexity index is 582. The molecule has 0 aliphatic heterocycles. The molecular weight excluding hydrogens is 415 g/mol. The zero-order chi connectivity index (χ0) is 21.5. The quantitative estimate of drug-likeness (QED) is 0.340. The minimum atomic E-state index is -7.73. The molecule has 1 aliphatic carbocycles. The molecule has 0 heterocycles. The lowest BCUT2D eigenvalue weighted by atomic mass is 9.92. The van der Waals surface area contributed by atoms with Gasteiger partial charge < -0.3 is 4.74 Å². The number of hydrogen-bond acceptors (Lipinski definition) is 4. The summed E-state index contributed by atoms with van der Waals surface area (Å²) in [4.78, 5) is 22.0. The van der Waals surface area contributed by atoms with E-state index >= 15 is 0 Å². The van der Waals surface area contributed by atoms with Crippen LogP contribution < -0.4 is 0 Å². The first-order chi connectivity index (χ1) is 11.9. The van der Waals surface area contributed by atoms with Gasteiger partial charge in [0.15, 0.2) is 0 Å². The highest BCUT2D eigenvalue weighted by atomic mass is 19.4. The molecule has 0 N–H and O–H groups in total. The van der Waals surface area contributed by atoms with Crippen molar-refractivity contribution in [2.24, 2.45) is 5.18 Å². The first-order valence-electron chi connectivity index (χ1n) is 7.05. The smallest absolute Gasteiger partial charge is 0.429 e. The number of esters is 1. The Labute approximate surface area is 143 Å². The molecule has 0 atom stereocenters. The molecule has 0 saturated heterocycles. The summed E-state index contributed by atoms with van der Waals surface area (Å²) in [6.07, 6.45) is -8.00. The van der Waals surface area contributed by atoms with Crippen LogP contribution in [-0.2, 0) is 9.53 Å².